The maximum absolute atomic E-state index is 13.5. The van der Waals surface area contributed by atoms with Gasteiger partial charge >= 0.3 is 0 Å². The van der Waals surface area contributed by atoms with Crippen LogP contribution in [0.15, 0.2) is 34.2 Å². The number of nitrogens with one attached hydrogen (secondary N) is 1. The molecule has 34 heavy (non-hydrogen) atoms. The fourth-order valence-electron chi connectivity index (χ4n) is 4.22. The predicted octanol–water partition coefficient (Wildman–Crippen LogP) is 2.55. The zero-order chi connectivity index (χ0) is 24.0. The molecule has 1 aromatic carbocycles. The monoisotopic (exact) mass is 504 g/mol. The van der Waals surface area contributed by atoms with E-state index in [0.717, 1.165) is 17.4 Å². The second-order valence-electron chi connectivity index (χ2n) is 8.55. The van der Waals surface area contributed by atoms with E-state index in [4.69, 9.17) is 9.47 Å². The summed E-state index contributed by atoms with van der Waals surface area (Å²) in [6.07, 6.45) is 2.84. The number of carbonyl (C=O) groups excluding carboxylic acids is 1. The number of nitrogens with zero attached hydrogens (tertiary/aromatic N) is 3. The third kappa shape index (κ3) is 4.05. The van der Waals surface area contributed by atoms with Crippen LogP contribution in [0.5, 0.6) is 11.5 Å². The fourth-order valence-corrected chi connectivity index (χ4v) is 7.36. The Kier molecular flexibility index (Phi) is 5.82. The first kappa shape index (κ1) is 22.8. The minimum absolute atomic E-state index is 0.00471. The van der Waals surface area contributed by atoms with Crippen LogP contribution in [0, 0.1) is 12.8 Å². The average molecular weight is 505 g/mol. The van der Waals surface area contributed by atoms with E-state index in [-0.39, 0.29) is 23.6 Å². The summed E-state index contributed by atoms with van der Waals surface area (Å²) in [6, 6.07) is 4.99. The first-order valence-corrected chi connectivity index (χ1v) is 13.2. The lowest BCUT2D eigenvalue weighted by Crippen LogP contribution is -2.38. The highest BCUT2D eigenvalue weighted by molar-refractivity contribution is 7.89. The molecule has 3 aromatic rings. The molecule has 2 aliphatic rings. The fraction of sp³-hybridized carbons (Fsp3) is 0.409. The van der Waals surface area contributed by atoms with Gasteiger partial charge in [-0.05, 0) is 37.8 Å². The lowest BCUT2D eigenvalue weighted by Gasteiger charge is -2.29. The number of amides is 1. The van der Waals surface area contributed by atoms with Crippen LogP contribution in [0.1, 0.15) is 24.6 Å². The Morgan fingerprint density at radius 3 is 2.74 bits per heavy atom. The summed E-state index contributed by atoms with van der Waals surface area (Å²) in [7, 11) is -3.86. The molecular formula is C22H24N4O6S2. The number of hydrogen-bond donors (Lipinski definition) is 1. The maximum Gasteiger partial charge on any atom is 0.263 e. The van der Waals surface area contributed by atoms with Gasteiger partial charge in [-0.1, -0.05) is 6.92 Å². The Bertz CT molecular complexity index is 1440. The number of hydrogen-bond acceptors (Lipinski definition) is 8. The van der Waals surface area contributed by atoms with Gasteiger partial charge in [0.2, 0.25) is 22.7 Å². The summed E-state index contributed by atoms with van der Waals surface area (Å²) in [5, 5.41) is 2.76. The summed E-state index contributed by atoms with van der Waals surface area (Å²) in [5.41, 5.74) is -0.0653. The molecule has 0 radical (unpaired) electrons. The van der Waals surface area contributed by atoms with E-state index in [0.29, 0.717) is 45.9 Å². The highest BCUT2D eigenvalue weighted by Crippen LogP contribution is 2.35. The Hall–Kier alpha value is -2.96. The Labute approximate surface area is 200 Å². The second kappa shape index (κ2) is 8.67. The van der Waals surface area contributed by atoms with Crippen LogP contribution < -0.4 is 20.3 Å². The van der Waals surface area contributed by atoms with Crippen molar-refractivity contribution >= 4 is 43.2 Å². The van der Waals surface area contributed by atoms with Gasteiger partial charge in [-0.15, -0.1) is 11.3 Å². The standard InChI is InChI=1S/C22H24N4O6S2/c1-13-5-7-26(8-6-13)34(29,30)20-14(2)33-21-19(20)22(28)25(11-23-21)10-18(27)24-15-3-4-16-17(9-15)32-12-31-16/h3-4,9,11,13H,5-8,10,12H2,1-2H3,(H,24,27). The van der Waals surface area contributed by atoms with Crippen LogP contribution >= 0.6 is 11.3 Å². The molecule has 10 nitrogen and oxygen atoms in total. The van der Waals surface area contributed by atoms with Crippen molar-refractivity contribution in [3.63, 3.8) is 0 Å². The van der Waals surface area contributed by atoms with E-state index in [9.17, 15) is 18.0 Å². The van der Waals surface area contributed by atoms with Gasteiger partial charge in [0.05, 0.1) is 11.7 Å². The van der Waals surface area contributed by atoms with E-state index in [2.05, 4.69) is 17.2 Å². The number of sulfonamides is 1. The molecular weight excluding hydrogens is 480 g/mol. The number of piperidine rings is 1. The maximum atomic E-state index is 13.5. The smallest absolute Gasteiger partial charge is 0.263 e. The third-order valence-electron chi connectivity index (χ3n) is 6.11. The van der Waals surface area contributed by atoms with Crippen molar-refractivity contribution < 1.29 is 22.7 Å². The van der Waals surface area contributed by atoms with Crippen LogP contribution in [0.3, 0.4) is 0 Å². The zero-order valence-corrected chi connectivity index (χ0v) is 20.4. The van der Waals surface area contributed by atoms with Gasteiger partial charge in [-0.3, -0.25) is 14.2 Å². The summed E-state index contributed by atoms with van der Waals surface area (Å²) >= 11 is 1.17. The first-order chi connectivity index (χ1) is 16.2. The summed E-state index contributed by atoms with van der Waals surface area (Å²) in [6.45, 7) is 4.44. The van der Waals surface area contributed by atoms with Gasteiger partial charge < -0.3 is 14.8 Å². The molecule has 0 atom stereocenters. The van der Waals surface area contributed by atoms with Crippen molar-refractivity contribution in [3.05, 3.63) is 39.8 Å². The second-order valence-corrected chi connectivity index (χ2v) is 11.6. The molecule has 5 rings (SSSR count). The number of rotatable bonds is 5. The largest absolute Gasteiger partial charge is 0.454 e. The Morgan fingerprint density at radius 2 is 1.97 bits per heavy atom. The van der Waals surface area contributed by atoms with Gasteiger partial charge in [0.15, 0.2) is 11.5 Å². The molecule has 0 unspecified atom stereocenters. The van der Waals surface area contributed by atoms with Crippen LogP contribution in [-0.2, 0) is 21.4 Å². The van der Waals surface area contributed by atoms with Gasteiger partial charge in [0.25, 0.3) is 5.56 Å². The van der Waals surface area contributed by atoms with Gasteiger partial charge in [0, 0.05) is 29.7 Å². The Morgan fingerprint density at radius 1 is 1.24 bits per heavy atom. The van der Waals surface area contributed by atoms with Crippen LogP contribution in [0.2, 0.25) is 0 Å². The molecule has 4 heterocycles. The van der Waals surface area contributed by atoms with E-state index in [1.165, 1.54) is 22.0 Å². The average Bonchev–Trinajstić information content (AvgIpc) is 3.40. The van der Waals surface area contributed by atoms with Crippen molar-refractivity contribution in [1.82, 2.24) is 13.9 Å². The van der Waals surface area contributed by atoms with E-state index < -0.39 is 21.5 Å². The quantitative estimate of drug-likeness (QED) is 0.567. The number of benzene rings is 1. The summed E-state index contributed by atoms with van der Waals surface area (Å²) in [5.74, 6) is 1.12. The van der Waals surface area contributed by atoms with Crippen molar-refractivity contribution in [2.75, 3.05) is 25.2 Å². The predicted molar refractivity (Wildman–Crippen MR) is 127 cm³/mol. The molecule has 1 saturated heterocycles. The molecule has 0 saturated carbocycles. The van der Waals surface area contributed by atoms with Crippen molar-refractivity contribution in [3.8, 4) is 11.5 Å². The van der Waals surface area contributed by atoms with Crippen LogP contribution in [-0.4, -0.2) is 48.1 Å². The van der Waals surface area contributed by atoms with Crippen molar-refractivity contribution in [1.29, 1.82) is 0 Å². The number of fused-ring (bicyclic) bond motifs is 2. The van der Waals surface area contributed by atoms with Crippen molar-refractivity contribution in [2.45, 2.75) is 38.1 Å². The van der Waals surface area contributed by atoms with E-state index in [1.807, 2.05) is 0 Å². The zero-order valence-electron chi connectivity index (χ0n) is 18.7. The SMILES string of the molecule is Cc1sc2ncn(CC(=O)Nc3ccc4c(c3)OCO4)c(=O)c2c1S(=O)(=O)N1CCC(C)CC1. The Balaban J connectivity index is 1.44. The van der Waals surface area contributed by atoms with Gasteiger partial charge in [-0.25, -0.2) is 13.4 Å². The molecule has 2 aliphatic heterocycles. The highest BCUT2D eigenvalue weighted by Gasteiger charge is 2.33. The normalized spacial score (nSPS) is 16.8. The third-order valence-corrected chi connectivity index (χ3v) is 9.32. The number of aromatic nitrogens is 2. The van der Waals surface area contributed by atoms with Gasteiger partial charge in [0.1, 0.15) is 16.3 Å². The van der Waals surface area contributed by atoms with Crippen molar-refractivity contribution in [2.24, 2.45) is 5.92 Å². The van der Waals surface area contributed by atoms with Crippen LogP contribution in [0.25, 0.3) is 10.2 Å². The lowest BCUT2D eigenvalue weighted by atomic mass is 10.0. The molecule has 0 aliphatic carbocycles. The van der Waals surface area contributed by atoms with Crippen LogP contribution in [0.4, 0.5) is 5.69 Å². The number of anilines is 1. The first-order valence-electron chi connectivity index (χ1n) is 10.9. The molecule has 180 valence electrons. The topological polar surface area (TPSA) is 120 Å². The summed E-state index contributed by atoms with van der Waals surface area (Å²) in [4.78, 5) is 31.1. The number of aryl methyl sites for hydroxylation is 1. The summed E-state index contributed by atoms with van der Waals surface area (Å²) < 4.78 is 40.1. The number of thiophene rings is 1. The molecule has 0 bridgehead atoms. The molecule has 12 heteroatoms. The minimum atomic E-state index is -3.86. The number of ether oxygens (including phenoxy) is 2. The lowest BCUT2D eigenvalue weighted by molar-refractivity contribution is -0.116. The molecule has 1 fully saturated rings. The molecule has 0 spiro atoms. The molecule has 1 amide bonds. The number of carbonyl (C=O) groups is 1. The molecule has 1 N–H and O–H groups in total. The highest BCUT2D eigenvalue weighted by atomic mass is 32.2. The van der Waals surface area contributed by atoms with Gasteiger partial charge in [-0.2, -0.15) is 4.31 Å². The van der Waals surface area contributed by atoms with E-state index >= 15 is 0 Å². The molecule has 2 aromatic heterocycles. The minimum Gasteiger partial charge on any atom is -0.454 e. The van der Waals surface area contributed by atoms with E-state index in [1.54, 1.807) is 25.1 Å².